The maximum absolute atomic E-state index is 8.28. The van der Waals surface area contributed by atoms with Gasteiger partial charge in [0, 0.05) is 29.0 Å². The first kappa shape index (κ1) is 11.3. The first-order valence-electron chi connectivity index (χ1n) is 10.1. The minimum atomic E-state index is -2.30. The van der Waals surface area contributed by atoms with Crippen molar-refractivity contribution in [3.63, 3.8) is 0 Å². The number of fused-ring (bicyclic) bond motifs is 7. The molecule has 0 saturated carbocycles. The summed E-state index contributed by atoms with van der Waals surface area (Å²) in [6.45, 7) is -1.63. The number of hydrogen-bond acceptors (Lipinski definition) is 1. The van der Waals surface area contributed by atoms with E-state index in [1.807, 2.05) is 66.9 Å². The van der Waals surface area contributed by atoms with Crippen molar-refractivity contribution < 1.29 is 8.68 Å². The van der Waals surface area contributed by atoms with E-state index in [0.29, 0.717) is 17.7 Å². The molecule has 1 aliphatic rings. The first-order chi connectivity index (χ1) is 14.1. The van der Waals surface area contributed by atoms with Crippen molar-refractivity contribution in [2.75, 3.05) is 0 Å². The molecule has 3 aromatic heterocycles. The van der Waals surface area contributed by atoms with Crippen LogP contribution in [-0.2, 0) is 13.5 Å². The number of aryl methyl sites for hydroxylation is 1. The topological polar surface area (TPSA) is 26.6 Å². The summed E-state index contributed by atoms with van der Waals surface area (Å²) >= 11 is 0. The smallest absolute Gasteiger partial charge is 0.297 e. The second-order valence-electron chi connectivity index (χ2n) is 6.64. The van der Waals surface area contributed by atoms with Crippen LogP contribution in [-0.4, -0.2) is 14.1 Å². The second kappa shape index (κ2) is 4.82. The third-order valence-electron chi connectivity index (χ3n) is 5.26. The van der Waals surface area contributed by atoms with Gasteiger partial charge < -0.3 is 4.57 Å². The zero-order valence-corrected chi connectivity index (χ0v) is 13.9. The summed E-state index contributed by atoms with van der Waals surface area (Å²) < 4.78 is 30.6. The molecule has 0 saturated heterocycles. The maximum Gasteiger partial charge on any atom is 0.297 e. The van der Waals surface area contributed by atoms with Gasteiger partial charge in [0.1, 0.15) is 12.2 Å². The van der Waals surface area contributed by atoms with Crippen LogP contribution >= 0.6 is 0 Å². The molecule has 0 N–H and O–H groups in total. The molecular formula is C22H17N4+. The molecule has 2 aromatic carbocycles. The molecule has 0 unspecified atom stereocenters. The highest BCUT2D eigenvalue weighted by Crippen LogP contribution is 2.37. The Balaban J connectivity index is 1.89. The summed E-state index contributed by atoms with van der Waals surface area (Å²) in [5.41, 5.74) is 5.50. The number of imidazole rings is 1. The van der Waals surface area contributed by atoms with E-state index in [-0.39, 0.29) is 0 Å². The predicted molar refractivity (Wildman–Crippen MR) is 102 cm³/mol. The van der Waals surface area contributed by atoms with Crippen LogP contribution in [0, 0.1) is 0 Å². The number of benzene rings is 2. The minimum absolute atomic E-state index is 0.670. The molecule has 0 spiro atoms. The van der Waals surface area contributed by atoms with Crippen molar-refractivity contribution in [1.29, 1.82) is 0 Å². The van der Waals surface area contributed by atoms with Gasteiger partial charge in [-0.05, 0) is 30.3 Å². The molecule has 26 heavy (non-hydrogen) atoms. The fourth-order valence-corrected chi connectivity index (χ4v) is 4.19. The Hall–Kier alpha value is -3.40. The van der Waals surface area contributed by atoms with Crippen LogP contribution in [0.4, 0.5) is 0 Å². The van der Waals surface area contributed by atoms with E-state index >= 15 is 0 Å². The standard InChI is InChI=1S/C22H17N4/c1-24-19-10-6-5-9-18(19)20-22(24)26(16-7-3-2-4-8-16)21-17-11-12-23-13-15(17)14-25(20)21/h2-13H,14H2,1H3/q+1/i1D3. The average Bonchev–Trinajstić information content (AvgIpc) is 3.34. The highest BCUT2D eigenvalue weighted by atomic mass is 15.3. The highest BCUT2D eigenvalue weighted by Gasteiger charge is 2.37. The van der Waals surface area contributed by atoms with Crippen molar-refractivity contribution in [2.24, 2.45) is 6.98 Å². The van der Waals surface area contributed by atoms with Crippen molar-refractivity contribution in [1.82, 2.24) is 14.1 Å². The minimum Gasteiger partial charge on any atom is -0.307 e. The van der Waals surface area contributed by atoms with Gasteiger partial charge in [0.2, 0.25) is 5.52 Å². The monoisotopic (exact) mass is 340 g/mol. The van der Waals surface area contributed by atoms with Gasteiger partial charge in [-0.1, -0.05) is 30.3 Å². The average molecular weight is 340 g/mol. The van der Waals surface area contributed by atoms with E-state index in [2.05, 4.69) is 14.1 Å². The molecule has 1 aliphatic heterocycles. The largest absolute Gasteiger partial charge is 0.307 e. The molecule has 0 amide bonds. The van der Waals surface area contributed by atoms with Gasteiger partial charge >= 0.3 is 0 Å². The van der Waals surface area contributed by atoms with E-state index in [1.54, 1.807) is 6.20 Å². The first-order valence-corrected chi connectivity index (χ1v) is 8.62. The van der Waals surface area contributed by atoms with Gasteiger partial charge in [-0.25, -0.2) is 4.57 Å². The van der Waals surface area contributed by atoms with E-state index in [1.165, 1.54) is 4.57 Å². The Kier molecular flexibility index (Phi) is 2.09. The summed E-state index contributed by atoms with van der Waals surface area (Å²) in [6.07, 6.45) is 3.68. The molecule has 6 rings (SSSR count). The van der Waals surface area contributed by atoms with E-state index in [0.717, 1.165) is 33.5 Å². The number of para-hydroxylation sites is 2. The lowest BCUT2D eigenvalue weighted by Crippen LogP contribution is -2.31. The molecular weight excluding hydrogens is 320 g/mol. The van der Waals surface area contributed by atoms with Crippen molar-refractivity contribution in [3.05, 3.63) is 78.6 Å². The van der Waals surface area contributed by atoms with Crippen LogP contribution in [0.5, 0.6) is 0 Å². The molecule has 5 aromatic rings. The van der Waals surface area contributed by atoms with Crippen LogP contribution in [0.1, 0.15) is 9.68 Å². The summed E-state index contributed by atoms with van der Waals surface area (Å²) in [4.78, 5) is 4.29. The van der Waals surface area contributed by atoms with Gasteiger partial charge in [-0.15, -0.1) is 0 Å². The summed E-state index contributed by atoms with van der Waals surface area (Å²) in [7, 11) is 0. The molecule has 0 atom stereocenters. The van der Waals surface area contributed by atoms with E-state index < -0.39 is 6.98 Å². The molecule has 4 heteroatoms. The van der Waals surface area contributed by atoms with Crippen LogP contribution in [0.3, 0.4) is 0 Å². The number of rotatable bonds is 1. The maximum atomic E-state index is 8.28. The highest BCUT2D eigenvalue weighted by molar-refractivity contribution is 6.04. The van der Waals surface area contributed by atoms with Gasteiger partial charge in [0.15, 0.2) is 0 Å². The molecule has 4 nitrogen and oxygen atoms in total. The number of pyridine rings is 1. The molecule has 124 valence electrons. The van der Waals surface area contributed by atoms with E-state index in [9.17, 15) is 0 Å². The molecule has 4 heterocycles. The molecule has 0 aliphatic carbocycles. The molecule has 0 bridgehead atoms. The van der Waals surface area contributed by atoms with Crippen molar-refractivity contribution in [3.8, 4) is 17.1 Å². The lowest BCUT2D eigenvalue weighted by atomic mass is 10.1. The number of nitrogens with zero attached hydrogens (tertiary/aromatic N) is 4. The third-order valence-corrected chi connectivity index (χ3v) is 5.26. The third kappa shape index (κ3) is 1.59. The fraction of sp³-hybridized carbons (Fsp3) is 0.0909. The van der Waals surface area contributed by atoms with Crippen molar-refractivity contribution in [2.45, 2.75) is 6.54 Å². The Labute approximate surface area is 154 Å². The Morgan fingerprint density at radius 1 is 1.04 bits per heavy atom. The van der Waals surface area contributed by atoms with Crippen molar-refractivity contribution >= 4 is 22.1 Å². The van der Waals surface area contributed by atoms with Gasteiger partial charge in [0.05, 0.1) is 16.5 Å². The van der Waals surface area contributed by atoms with E-state index in [4.69, 9.17) is 4.11 Å². The Morgan fingerprint density at radius 2 is 1.88 bits per heavy atom. The molecule has 0 radical (unpaired) electrons. The SMILES string of the molecule is [2H]C([2H])([2H])n1c2ccccc2c2c1n(-c1ccccc1)c1[n+]2Cc2cnccc2-1. The van der Waals surface area contributed by atoms with Crippen LogP contribution < -0.4 is 4.57 Å². The zero-order chi connectivity index (χ0) is 19.8. The normalized spacial score (nSPS) is 14.8. The summed E-state index contributed by atoms with van der Waals surface area (Å²) in [5, 5.41) is 0.940. The summed E-state index contributed by atoms with van der Waals surface area (Å²) in [6, 6.07) is 19.7. The Morgan fingerprint density at radius 3 is 2.77 bits per heavy atom. The predicted octanol–water partition coefficient (Wildman–Crippen LogP) is 3.83. The zero-order valence-electron chi connectivity index (χ0n) is 16.9. The van der Waals surface area contributed by atoms with Crippen LogP contribution in [0.2, 0.25) is 0 Å². The van der Waals surface area contributed by atoms with Crippen LogP contribution in [0.25, 0.3) is 39.1 Å². The van der Waals surface area contributed by atoms with Gasteiger partial charge in [0.25, 0.3) is 11.5 Å². The number of aromatic nitrogens is 4. The van der Waals surface area contributed by atoms with Crippen LogP contribution in [0.15, 0.2) is 73.1 Å². The lowest BCUT2D eigenvalue weighted by molar-refractivity contribution is -0.645. The fourth-order valence-electron chi connectivity index (χ4n) is 4.19. The van der Waals surface area contributed by atoms with Gasteiger partial charge in [-0.3, -0.25) is 4.98 Å². The molecule has 0 fully saturated rings. The lowest BCUT2D eigenvalue weighted by Gasteiger charge is -2.03. The number of hydrogen-bond donors (Lipinski definition) is 0. The summed E-state index contributed by atoms with van der Waals surface area (Å²) in [5.74, 6) is 0.988. The quantitative estimate of drug-likeness (QED) is 0.418. The van der Waals surface area contributed by atoms with Gasteiger partial charge in [-0.2, -0.15) is 4.57 Å². The Bertz CT molecular complexity index is 1410. The second-order valence-corrected chi connectivity index (χ2v) is 6.64.